The first-order valence-corrected chi connectivity index (χ1v) is 9.83. The largest absolute Gasteiger partial charge is 0.459 e. The maximum absolute atomic E-state index is 12.6. The molecule has 0 spiro atoms. The lowest BCUT2D eigenvalue weighted by atomic mass is 10.2. The molecule has 1 fully saturated rings. The zero-order valence-electron chi connectivity index (χ0n) is 15.0. The maximum Gasteiger partial charge on any atom is 0.289 e. The summed E-state index contributed by atoms with van der Waals surface area (Å²) in [7, 11) is 0. The normalized spacial score (nSPS) is 16.3. The minimum Gasteiger partial charge on any atom is -0.459 e. The Balaban J connectivity index is 1.55. The SMILES string of the molecule is CSc1ccccc1NC(=O)[C@@H](C)N1CCN(C(=O)c2ccco2)CC1. The van der Waals surface area contributed by atoms with Crippen LogP contribution in [-0.2, 0) is 4.79 Å². The minimum absolute atomic E-state index is 0.0303. The molecule has 1 aromatic carbocycles. The van der Waals surface area contributed by atoms with Crippen molar-refractivity contribution in [3.63, 3.8) is 0 Å². The Hall–Kier alpha value is -2.25. The van der Waals surface area contributed by atoms with E-state index in [9.17, 15) is 9.59 Å². The second kappa shape index (κ2) is 8.42. The summed E-state index contributed by atoms with van der Waals surface area (Å²) in [6.07, 6.45) is 3.49. The lowest BCUT2D eigenvalue weighted by molar-refractivity contribution is -0.121. The minimum atomic E-state index is -0.259. The molecule has 2 amide bonds. The van der Waals surface area contributed by atoms with Gasteiger partial charge in [-0.05, 0) is 37.4 Å². The molecule has 0 aliphatic carbocycles. The van der Waals surface area contributed by atoms with Crippen LogP contribution in [0.15, 0.2) is 52.0 Å². The van der Waals surface area contributed by atoms with E-state index in [1.807, 2.05) is 37.4 Å². The molecule has 1 aliphatic heterocycles. The van der Waals surface area contributed by atoms with Crippen LogP contribution in [0.2, 0.25) is 0 Å². The number of benzene rings is 1. The summed E-state index contributed by atoms with van der Waals surface area (Å²) in [6, 6.07) is 10.9. The molecule has 7 heteroatoms. The number of anilines is 1. The number of rotatable bonds is 5. The van der Waals surface area contributed by atoms with Crippen LogP contribution in [0.3, 0.4) is 0 Å². The van der Waals surface area contributed by atoms with Crippen molar-refractivity contribution in [1.82, 2.24) is 9.80 Å². The summed E-state index contributed by atoms with van der Waals surface area (Å²) in [6.45, 7) is 4.38. The van der Waals surface area contributed by atoms with Crippen LogP contribution in [0.5, 0.6) is 0 Å². The van der Waals surface area contributed by atoms with Crippen molar-refractivity contribution in [2.75, 3.05) is 37.8 Å². The van der Waals surface area contributed by atoms with Crippen molar-refractivity contribution in [1.29, 1.82) is 0 Å². The number of piperazine rings is 1. The zero-order chi connectivity index (χ0) is 18.5. The van der Waals surface area contributed by atoms with Gasteiger partial charge in [-0.25, -0.2) is 0 Å². The van der Waals surface area contributed by atoms with Crippen molar-refractivity contribution < 1.29 is 14.0 Å². The van der Waals surface area contributed by atoms with Crippen LogP contribution in [-0.4, -0.2) is 60.1 Å². The number of carbonyl (C=O) groups is 2. The maximum atomic E-state index is 12.6. The fourth-order valence-corrected chi connectivity index (χ4v) is 3.57. The average molecular weight is 373 g/mol. The van der Waals surface area contributed by atoms with Gasteiger partial charge in [0.2, 0.25) is 5.91 Å². The number of hydrogen-bond acceptors (Lipinski definition) is 5. The standard InChI is InChI=1S/C19H23N3O3S/c1-14(18(23)20-15-6-3-4-8-17(15)26-2)21-9-11-22(12-10-21)19(24)16-7-5-13-25-16/h3-8,13-14H,9-12H2,1-2H3,(H,20,23)/t14-/m1/s1. The van der Waals surface area contributed by atoms with Gasteiger partial charge in [0.25, 0.3) is 5.91 Å². The molecule has 6 nitrogen and oxygen atoms in total. The fraction of sp³-hybridized carbons (Fsp3) is 0.368. The molecule has 1 aromatic heterocycles. The van der Waals surface area contributed by atoms with Crippen molar-refractivity contribution >= 4 is 29.3 Å². The second-order valence-corrected chi connectivity index (χ2v) is 7.02. The van der Waals surface area contributed by atoms with Crippen LogP contribution < -0.4 is 5.32 Å². The van der Waals surface area contributed by atoms with Gasteiger partial charge >= 0.3 is 0 Å². The Kier molecular flexibility index (Phi) is 6.00. The fourth-order valence-electron chi connectivity index (χ4n) is 3.02. The molecule has 3 rings (SSSR count). The summed E-state index contributed by atoms with van der Waals surface area (Å²) in [5.41, 5.74) is 0.837. The molecule has 26 heavy (non-hydrogen) atoms. The second-order valence-electron chi connectivity index (χ2n) is 6.17. The van der Waals surface area contributed by atoms with Gasteiger partial charge in [-0.1, -0.05) is 12.1 Å². The van der Waals surface area contributed by atoms with Gasteiger partial charge in [0.05, 0.1) is 18.0 Å². The quantitative estimate of drug-likeness (QED) is 0.817. The Morgan fingerprint density at radius 3 is 2.50 bits per heavy atom. The molecule has 0 bridgehead atoms. The van der Waals surface area contributed by atoms with Crippen LogP contribution in [0.25, 0.3) is 0 Å². The predicted octanol–water partition coefficient (Wildman–Crippen LogP) is 2.79. The van der Waals surface area contributed by atoms with Gasteiger partial charge in [0, 0.05) is 31.1 Å². The summed E-state index contributed by atoms with van der Waals surface area (Å²) in [5, 5.41) is 3.02. The molecular formula is C19H23N3O3S. The highest BCUT2D eigenvalue weighted by atomic mass is 32.2. The van der Waals surface area contributed by atoms with E-state index in [2.05, 4.69) is 10.2 Å². The van der Waals surface area contributed by atoms with Crippen molar-refractivity contribution in [2.24, 2.45) is 0 Å². The first-order valence-electron chi connectivity index (χ1n) is 8.61. The molecule has 1 atom stereocenters. The van der Waals surface area contributed by atoms with Crippen LogP contribution in [0.1, 0.15) is 17.5 Å². The number of furan rings is 1. The summed E-state index contributed by atoms with van der Waals surface area (Å²) in [4.78, 5) is 29.8. The third kappa shape index (κ3) is 4.11. The molecule has 138 valence electrons. The molecule has 2 aromatic rings. The van der Waals surface area contributed by atoms with Crippen LogP contribution in [0.4, 0.5) is 5.69 Å². The van der Waals surface area contributed by atoms with Gasteiger partial charge < -0.3 is 14.6 Å². The highest BCUT2D eigenvalue weighted by molar-refractivity contribution is 7.98. The van der Waals surface area contributed by atoms with E-state index in [1.165, 1.54) is 6.26 Å². The summed E-state index contributed by atoms with van der Waals surface area (Å²) in [5.74, 6) is 0.232. The molecule has 1 N–H and O–H groups in total. The molecule has 0 radical (unpaired) electrons. The molecule has 1 aliphatic rings. The Morgan fingerprint density at radius 1 is 1.12 bits per heavy atom. The van der Waals surface area contributed by atoms with Gasteiger partial charge in [0.1, 0.15) is 0 Å². The number of hydrogen-bond donors (Lipinski definition) is 1. The van der Waals surface area contributed by atoms with E-state index in [0.717, 1.165) is 10.6 Å². The van der Waals surface area contributed by atoms with E-state index in [4.69, 9.17) is 4.42 Å². The van der Waals surface area contributed by atoms with Crippen molar-refractivity contribution in [3.8, 4) is 0 Å². The van der Waals surface area contributed by atoms with E-state index in [0.29, 0.717) is 31.9 Å². The monoisotopic (exact) mass is 373 g/mol. The van der Waals surface area contributed by atoms with Crippen molar-refractivity contribution in [3.05, 3.63) is 48.4 Å². The first-order chi connectivity index (χ1) is 12.6. The number of thioether (sulfide) groups is 1. The molecule has 0 saturated carbocycles. The number of para-hydroxylation sites is 1. The summed E-state index contributed by atoms with van der Waals surface area (Å²) >= 11 is 1.61. The van der Waals surface area contributed by atoms with Gasteiger partial charge in [-0.2, -0.15) is 0 Å². The Morgan fingerprint density at radius 2 is 1.85 bits per heavy atom. The highest BCUT2D eigenvalue weighted by Crippen LogP contribution is 2.25. The molecular weight excluding hydrogens is 350 g/mol. The van der Waals surface area contributed by atoms with Crippen LogP contribution in [0, 0.1) is 0 Å². The topological polar surface area (TPSA) is 65.8 Å². The molecule has 0 unspecified atom stereocenters. The zero-order valence-corrected chi connectivity index (χ0v) is 15.8. The van der Waals surface area contributed by atoms with E-state index in [-0.39, 0.29) is 17.9 Å². The van der Waals surface area contributed by atoms with E-state index >= 15 is 0 Å². The lowest BCUT2D eigenvalue weighted by Gasteiger charge is -2.37. The van der Waals surface area contributed by atoms with Gasteiger partial charge in [-0.3, -0.25) is 14.5 Å². The molecule has 2 heterocycles. The Labute approximate surface area is 157 Å². The third-order valence-electron chi connectivity index (χ3n) is 4.63. The number of amides is 2. The number of carbonyl (C=O) groups excluding carboxylic acids is 2. The van der Waals surface area contributed by atoms with Gasteiger partial charge in [-0.15, -0.1) is 11.8 Å². The first kappa shape index (κ1) is 18.5. The number of nitrogens with zero attached hydrogens (tertiary/aromatic N) is 2. The predicted molar refractivity (Wildman–Crippen MR) is 102 cm³/mol. The van der Waals surface area contributed by atoms with Crippen LogP contribution >= 0.6 is 11.8 Å². The van der Waals surface area contributed by atoms with E-state index < -0.39 is 0 Å². The highest BCUT2D eigenvalue weighted by Gasteiger charge is 2.28. The Bertz CT molecular complexity index is 755. The smallest absolute Gasteiger partial charge is 0.289 e. The lowest BCUT2D eigenvalue weighted by Crippen LogP contribution is -2.54. The summed E-state index contributed by atoms with van der Waals surface area (Å²) < 4.78 is 5.18. The molecule has 1 saturated heterocycles. The van der Waals surface area contributed by atoms with Gasteiger partial charge in [0.15, 0.2) is 5.76 Å². The van der Waals surface area contributed by atoms with E-state index in [1.54, 1.807) is 28.8 Å². The van der Waals surface area contributed by atoms with Crippen molar-refractivity contribution in [2.45, 2.75) is 17.9 Å². The average Bonchev–Trinajstić information content (AvgIpc) is 3.22. The number of nitrogens with one attached hydrogen (secondary N) is 1. The third-order valence-corrected chi connectivity index (χ3v) is 5.42.